The maximum Gasteiger partial charge on any atom is 0.419 e. The number of hydrogen-bond acceptors (Lipinski definition) is 4. The highest BCUT2D eigenvalue weighted by Gasteiger charge is 2.26. The van der Waals surface area contributed by atoms with E-state index in [0.717, 1.165) is 18.6 Å². The van der Waals surface area contributed by atoms with Crippen molar-refractivity contribution in [1.29, 1.82) is 0 Å². The first kappa shape index (κ1) is 16.3. The second-order valence-corrected chi connectivity index (χ2v) is 6.62. The Morgan fingerprint density at radius 2 is 2.13 bits per heavy atom. The molecule has 0 amide bonds. The number of oxazole rings is 1. The molecule has 1 saturated heterocycles. The molecule has 1 fully saturated rings. The van der Waals surface area contributed by atoms with Crippen molar-refractivity contribution < 1.29 is 4.42 Å². The topological polar surface area (TPSA) is 41.6 Å². The first-order valence-corrected chi connectivity index (χ1v) is 8.62. The maximum atomic E-state index is 12.0. The Morgan fingerprint density at radius 3 is 2.87 bits per heavy atom. The lowest BCUT2D eigenvalue weighted by molar-refractivity contribution is 0.0879. The standard InChI is InChI=1S/C18H27N3O2/c1-4-20-10-9-15(13-14(20)2)19(3)11-12-21-16-7-5-6-8-17(16)23-18(21)22/h5-8,14-15H,4,9-13H2,1-3H3. The van der Waals surface area contributed by atoms with Gasteiger partial charge in [-0.15, -0.1) is 0 Å². The lowest BCUT2D eigenvalue weighted by atomic mass is 9.97. The first-order valence-electron chi connectivity index (χ1n) is 8.62. The summed E-state index contributed by atoms with van der Waals surface area (Å²) in [6.07, 6.45) is 2.40. The Hall–Kier alpha value is -1.59. The first-order chi connectivity index (χ1) is 11.1. The van der Waals surface area contributed by atoms with Crippen molar-refractivity contribution in [2.45, 2.75) is 45.3 Å². The fraction of sp³-hybridized carbons (Fsp3) is 0.611. The van der Waals surface area contributed by atoms with Crippen LogP contribution in [0.25, 0.3) is 11.1 Å². The van der Waals surface area contributed by atoms with Crippen molar-refractivity contribution in [3.8, 4) is 0 Å². The Kier molecular flexibility index (Phi) is 4.87. The van der Waals surface area contributed by atoms with Crippen molar-refractivity contribution in [2.75, 3.05) is 26.7 Å². The molecule has 2 aromatic rings. The molecule has 5 heteroatoms. The van der Waals surface area contributed by atoms with Crippen molar-refractivity contribution in [2.24, 2.45) is 0 Å². The van der Waals surface area contributed by atoms with Gasteiger partial charge in [0.05, 0.1) is 5.52 Å². The van der Waals surface area contributed by atoms with E-state index in [1.807, 2.05) is 24.3 Å². The summed E-state index contributed by atoms with van der Waals surface area (Å²) in [6.45, 7) is 8.39. The number of aromatic nitrogens is 1. The molecule has 2 atom stereocenters. The normalized spacial score (nSPS) is 23.0. The van der Waals surface area contributed by atoms with Gasteiger partial charge in [-0.2, -0.15) is 0 Å². The number of nitrogens with zero attached hydrogens (tertiary/aromatic N) is 3. The van der Waals surface area contributed by atoms with Crippen LogP contribution >= 0.6 is 0 Å². The van der Waals surface area contributed by atoms with Crippen LogP contribution in [0.1, 0.15) is 26.7 Å². The van der Waals surface area contributed by atoms with Crippen LogP contribution in [0.5, 0.6) is 0 Å². The fourth-order valence-electron chi connectivity index (χ4n) is 3.73. The van der Waals surface area contributed by atoms with Crippen LogP contribution in [-0.2, 0) is 6.54 Å². The van der Waals surface area contributed by atoms with E-state index in [-0.39, 0.29) is 5.76 Å². The summed E-state index contributed by atoms with van der Waals surface area (Å²) < 4.78 is 7.05. The molecule has 1 aliphatic heterocycles. The number of rotatable bonds is 5. The molecular formula is C18H27N3O2. The average molecular weight is 317 g/mol. The third kappa shape index (κ3) is 3.35. The lowest BCUT2D eigenvalue weighted by Crippen LogP contribution is -2.48. The molecular weight excluding hydrogens is 290 g/mol. The van der Waals surface area contributed by atoms with Crippen LogP contribution in [0.4, 0.5) is 0 Å². The summed E-state index contributed by atoms with van der Waals surface area (Å²) in [5.41, 5.74) is 1.56. The van der Waals surface area contributed by atoms with Crippen LogP contribution in [0, 0.1) is 0 Å². The predicted octanol–water partition coefficient (Wildman–Crippen LogP) is 2.40. The number of fused-ring (bicyclic) bond motifs is 1. The zero-order valence-corrected chi connectivity index (χ0v) is 14.4. The highest BCUT2D eigenvalue weighted by molar-refractivity contribution is 5.72. The average Bonchev–Trinajstić information content (AvgIpc) is 2.87. The molecule has 1 aliphatic rings. The number of hydrogen-bond donors (Lipinski definition) is 0. The number of likely N-dealkylation sites (N-methyl/N-ethyl adjacent to an activating group) is 1. The summed E-state index contributed by atoms with van der Waals surface area (Å²) in [4.78, 5) is 17.0. The van der Waals surface area contributed by atoms with Gasteiger partial charge in [-0.05, 0) is 52.0 Å². The van der Waals surface area contributed by atoms with Crippen LogP contribution in [0.2, 0.25) is 0 Å². The molecule has 0 saturated carbocycles. The van der Waals surface area contributed by atoms with Crippen molar-refractivity contribution >= 4 is 11.1 Å². The quantitative estimate of drug-likeness (QED) is 0.849. The van der Waals surface area contributed by atoms with Crippen LogP contribution < -0.4 is 5.76 Å². The van der Waals surface area contributed by atoms with Gasteiger partial charge in [0.25, 0.3) is 0 Å². The summed E-state index contributed by atoms with van der Waals surface area (Å²) in [5.74, 6) is -0.256. The molecule has 126 valence electrons. The molecule has 2 unspecified atom stereocenters. The molecule has 1 aromatic heterocycles. The van der Waals surface area contributed by atoms with Gasteiger partial charge in [-0.25, -0.2) is 4.79 Å². The van der Waals surface area contributed by atoms with Gasteiger partial charge in [-0.3, -0.25) is 4.57 Å². The predicted molar refractivity (Wildman–Crippen MR) is 92.8 cm³/mol. The van der Waals surface area contributed by atoms with E-state index in [2.05, 4.69) is 30.7 Å². The number of likely N-dealkylation sites (tertiary alicyclic amines) is 1. The van der Waals surface area contributed by atoms with Crippen LogP contribution in [0.3, 0.4) is 0 Å². The molecule has 1 aromatic carbocycles. The lowest BCUT2D eigenvalue weighted by Gasteiger charge is -2.40. The number of piperidine rings is 1. The third-order valence-electron chi connectivity index (χ3n) is 5.27. The second-order valence-electron chi connectivity index (χ2n) is 6.62. The zero-order chi connectivity index (χ0) is 16.4. The number of benzene rings is 1. The van der Waals surface area contributed by atoms with Crippen molar-refractivity contribution in [1.82, 2.24) is 14.4 Å². The Balaban J connectivity index is 1.64. The minimum Gasteiger partial charge on any atom is -0.408 e. The SMILES string of the molecule is CCN1CCC(N(C)CCn2c(=O)oc3ccccc32)CC1C. The zero-order valence-electron chi connectivity index (χ0n) is 14.4. The van der Waals surface area contributed by atoms with Gasteiger partial charge in [0.15, 0.2) is 5.58 Å². The summed E-state index contributed by atoms with van der Waals surface area (Å²) >= 11 is 0. The number of para-hydroxylation sites is 2. The molecule has 23 heavy (non-hydrogen) atoms. The van der Waals surface area contributed by atoms with Crippen molar-refractivity contribution in [3.05, 3.63) is 34.8 Å². The largest absolute Gasteiger partial charge is 0.419 e. The Morgan fingerprint density at radius 1 is 1.35 bits per heavy atom. The van der Waals surface area contributed by atoms with E-state index < -0.39 is 0 Å². The van der Waals surface area contributed by atoms with Gasteiger partial charge in [0.1, 0.15) is 0 Å². The summed E-state index contributed by atoms with van der Waals surface area (Å²) in [5, 5.41) is 0. The van der Waals surface area contributed by atoms with Crippen LogP contribution in [0.15, 0.2) is 33.5 Å². The van der Waals surface area contributed by atoms with Gasteiger partial charge >= 0.3 is 5.76 Å². The van der Waals surface area contributed by atoms with Crippen LogP contribution in [-0.4, -0.2) is 53.1 Å². The molecule has 0 spiro atoms. The summed E-state index contributed by atoms with van der Waals surface area (Å²) in [7, 11) is 2.17. The van der Waals surface area contributed by atoms with E-state index in [9.17, 15) is 4.79 Å². The fourth-order valence-corrected chi connectivity index (χ4v) is 3.73. The molecule has 3 rings (SSSR count). The molecule has 0 bridgehead atoms. The monoisotopic (exact) mass is 317 g/mol. The minimum atomic E-state index is -0.256. The molecule has 0 radical (unpaired) electrons. The highest BCUT2D eigenvalue weighted by atomic mass is 16.4. The van der Waals surface area contributed by atoms with E-state index in [4.69, 9.17) is 4.42 Å². The Bertz CT molecular complexity index is 706. The van der Waals surface area contributed by atoms with Gasteiger partial charge in [-0.1, -0.05) is 19.1 Å². The van der Waals surface area contributed by atoms with Gasteiger partial charge in [0.2, 0.25) is 0 Å². The van der Waals surface area contributed by atoms with E-state index in [0.29, 0.717) is 24.2 Å². The smallest absolute Gasteiger partial charge is 0.408 e. The molecule has 0 aliphatic carbocycles. The van der Waals surface area contributed by atoms with E-state index >= 15 is 0 Å². The van der Waals surface area contributed by atoms with Gasteiger partial charge in [0, 0.05) is 25.2 Å². The maximum absolute atomic E-state index is 12.0. The second kappa shape index (κ2) is 6.89. The minimum absolute atomic E-state index is 0.256. The molecule has 0 N–H and O–H groups in total. The van der Waals surface area contributed by atoms with Gasteiger partial charge < -0.3 is 14.2 Å². The summed E-state index contributed by atoms with van der Waals surface area (Å²) in [6, 6.07) is 8.87. The Labute approximate surface area is 137 Å². The van der Waals surface area contributed by atoms with E-state index in [1.54, 1.807) is 4.57 Å². The third-order valence-corrected chi connectivity index (χ3v) is 5.27. The molecule has 5 nitrogen and oxygen atoms in total. The van der Waals surface area contributed by atoms with Crippen molar-refractivity contribution in [3.63, 3.8) is 0 Å². The van der Waals surface area contributed by atoms with E-state index in [1.165, 1.54) is 19.4 Å². The highest BCUT2D eigenvalue weighted by Crippen LogP contribution is 2.21. The molecule has 2 heterocycles.